The Morgan fingerprint density at radius 1 is 1.10 bits per heavy atom. The van der Waals surface area contributed by atoms with Gasteiger partial charge in [0.2, 0.25) is 0 Å². The molecule has 0 saturated heterocycles. The highest BCUT2D eigenvalue weighted by atomic mass is 32.1. The fourth-order valence-electron chi connectivity index (χ4n) is 2.73. The van der Waals surface area contributed by atoms with E-state index in [4.69, 9.17) is 0 Å². The van der Waals surface area contributed by atoms with Crippen molar-refractivity contribution < 1.29 is 9.59 Å². The molecule has 150 valence electrons. The van der Waals surface area contributed by atoms with Crippen LogP contribution in [0.25, 0.3) is 11.3 Å². The first kappa shape index (κ1) is 20.5. The predicted octanol–water partition coefficient (Wildman–Crippen LogP) is 4.58. The van der Waals surface area contributed by atoms with Crippen molar-refractivity contribution in [1.82, 2.24) is 15.6 Å². The molecule has 3 N–H and O–H groups in total. The van der Waals surface area contributed by atoms with Gasteiger partial charge in [-0.15, -0.1) is 11.3 Å². The SMILES string of the molecule is Cc1nc(-c2cccc(NC(=O)c3ccc(CNC(=O)NC(C)C)cc3)c2)cs1. The topological polar surface area (TPSA) is 83.1 Å². The summed E-state index contributed by atoms with van der Waals surface area (Å²) < 4.78 is 0. The van der Waals surface area contributed by atoms with Crippen molar-refractivity contribution in [2.24, 2.45) is 0 Å². The number of aryl methyl sites for hydroxylation is 1. The molecule has 6 nitrogen and oxygen atoms in total. The lowest BCUT2D eigenvalue weighted by atomic mass is 10.1. The lowest BCUT2D eigenvalue weighted by molar-refractivity contribution is 0.102. The number of carbonyl (C=O) groups excluding carboxylic acids is 2. The van der Waals surface area contributed by atoms with Gasteiger partial charge in [-0.3, -0.25) is 4.79 Å². The Hall–Kier alpha value is -3.19. The third kappa shape index (κ3) is 5.89. The van der Waals surface area contributed by atoms with Crippen molar-refractivity contribution >= 4 is 29.0 Å². The van der Waals surface area contributed by atoms with Crippen LogP contribution in [0, 0.1) is 6.92 Å². The van der Waals surface area contributed by atoms with Crippen LogP contribution in [-0.4, -0.2) is 23.0 Å². The van der Waals surface area contributed by atoms with E-state index in [0.29, 0.717) is 17.8 Å². The van der Waals surface area contributed by atoms with Crippen molar-refractivity contribution in [3.8, 4) is 11.3 Å². The zero-order chi connectivity index (χ0) is 20.8. The Morgan fingerprint density at radius 3 is 2.52 bits per heavy atom. The van der Waals surface area contributed by atoms with Gasteiger partial charge in [0, 0.05) is 34.8 Å². The van der Waals surface area contributed by atoms with Crippen molar-refractivity contribution in [3.63, 3.8) is 0 Å². The molecule has 0 fully saturated rings. The summed E-state index contributed by atoms with van der Waals surface area (Å²) >= 11 is 1.60. The van der Waals surface area contributed by atoms with Gasteiger partial charge in [-0.1, -0.05) is 24.3 Å². The van der Waals surface area contributed by atoms with Gasteiger partial charge in [-0.05, 0) is 50.6 Å². The number of benzene rings is 2. The Balaban J connectivity index is 1.60. The molecule has 0 radical (unpaired) electrons. The number of nitrogens with zero attached hydrogens (tertiary/aromatic N) is 1. The summed E-state index contributed by atoms with van der Waals surface area (Å²) in [7, 11) is 0. The van der Waals surface area contributed by atoms with Gasteiger partial charge in [0.05, 0.1) is 10.7 Å². The molecule has 7 heteroatoms. The first-order chi connectivity index (χ1) is 13.9. The number of anilines is 1. The Morgan fingerprint density at radius 2 is 1.86 bits per heavy atom. The van der Waals surface area contributed by atoms with Crippen LogP contribution in [-0.2, 0) is 6.54 Å². The Bertz CT molecular complexity index is 996. The number of rotatable bonds is 6. The molecule has 0 aliphatic carbocycles. The smallest absolute Gasteiger partial charge is 0.315 e. The molecular weight excluding hydrogens is 384 g/mol. The molecule has 0 bridgehead atoms. The molecule has 3 aromatic rings. The maximum Gasteiger partial charge on any atom is 0.315 e. The maximum absolute atomic E-state index is 12.6. The monoisotopic (exact) mass is 408 g/mol. The van der Waals surface area contributed by atoms with Crippen molar-refractivity contribution in [3.05, 3.63) is 70.0 Å². The first-order valence-corrected chi connectivity index (χ1v) is 10.3. The lowest BCUT2D eigenvalue weighted by Crippen LogP contribution is -2.39. The average molecular weight is 409 g/mol. The molecule has 3 rings (SSSR count). The van der Waals surface area contributed by atoms with E-state index < -0.39 is 0 Å². The van der Waals surface area contributed by atoms with E-state index in [1.54, 1.807) is 23.5 Å². The minimum atomic E-state index is -0.211. The molecule has 0 aliphatic rings. The summed E-state index contributed by atoms with van der Waals surface area (Å²) in [5.41, 5.74) is 4.06. The number of carbonyl (C=O) groups is 2. The van der Waals surface area contributed by atoms with Gasteiger partial charge in [-0.2, -0.15) is 0 Å². The first-order valence-electron chi connectivity index (χ1n) is 9.38. The van der Waals surface area contributed by atoms with Gasteiger partial charge >= 0.3 is 6.03 Å². The van der Waals surface area contributed by atoms with E-state index in [2.05, 4.69) is 20.9 Å². The highest BCUT2D eigenvalue weighted by molar-refractivity contribution is 7.09. The predicted molar refractivity (Wildman–Crippen MR) is 117 cm³/mol. The Kier molecular flexibility index (Phi) is 6.61. The molecule has 0 aliphatic heterocycles. The second-order valence-electron chi connectivity index (χ2n) is 6.97. The van der Waals surface area contributed by atoms with Crippen LogP contribution in [0.5, 0.6) is 0 Å². The van der Waals surface area contributed by atoms with Crippen molar-refractivity contribution in [2.45, 2.75) is 33.4 Å². The number of amides is 3. The minimum Gasteiger partial charge on any atom is -0.336 e. The molecule has 0 spiro atoms. The second-order valence-corrected chi connectivity index (χ2v) is 8.03. The van der Waals surface area contributed by atoms with Crippen LogP contribution in [0.4, 0.5) is 10.5 Å². The molecule has 0 saturated carbocycles. The highest BCUT2D eigenvalue weighted by Gasteiger charge is 2.09. The summed E-state index contributed by atoms with van der Waals surface area (Å²) in [6, 6.07) is 14.7. The number of nitrogens with one attached hydrogen (secondary N) is 3. The highest BCUT2D eigenvalue weighted by Crippen LogP contribution is 2.24. The van der Waals surface area contributed by atoms with Gasteiger partial charge in [0.15, 0.2) is 0 Å². The third-order valence-corrected chi connectivity index (χ3v) is 4.90. The zero-order valence-corrected chi connectivity index (χ0v) is 17.5. The lowest BCUT2D eigenvalue weighted by Gasteiger charge is -2.10. The molecule has 29 heavy (non-hydrogen) atoms. The van der Waals surface area contributed by atoms with E-state index in [0.717, 1.165) is 21.8 Å². The average Bonchev–Trinajstić information content (AvgIpc) is 3.13. The van der Waals surface area contributed by atoms with Crippen LogP contribution in [0.15, 0.2) is 53.9 Å². The molecule has 0 atom stereocenters. The second kappa shape index (κ2) is 9.34. The molecule has 0 unspecified atom stereocenters. The number of hydrogen-bond acceptors (Lipinski definition) is 4. The zero-order valence-electron chi connectivity index (χ0n) is 16.7. The standard InChI is InChI=1S/C22H24N4O2S/c1-14(2)24-22(28)23-12-16-7-9-17(10-8-16)21(27)26-19-6-4-5-18(11-19)20-13-29-15(3)25-20/h4-11,13-14H,12H2,1-3H3,(H,26,27)(H2,23,24,28). The van der Waals surface area contributed by atoms with E-state index in [9.17, 15) is 9.59 Å². The normalized spacial score (nSPS) is 10.6. The molecule has 1 heterocycles. The molecule has 2 aromatic carbocycles. The number of aromatic nitrogens is 1. The quantitative estimate of drug-likeness (QED) is 0.558. The number of hydrogen-bond donors (Lipinski definition) is 3. The summed E-state index contributed by atoms with van der Waals surface area (Å²) in [6.45, 7) is 6.17. The number of thiazole rings is 1. The van der Waals surface area contributed by atoms with E-state index in [1.807, 2.05) is 62.5 Å². The van der Waals surface area contributed by atoms with Crippen LogP contribution in [0.1, 0.15) is 34.8 Å². The molecular formula is C22H24N4O2S. The van der Waals surface area contributed by atoms with Gasteiger partial charge in [0.1, 0.15) is 0 Å². The maximum atomic E-state index is 12.6. The summed E-state index contributed by atoms with van der Waals surface area (Å²) in [5.74, 6) is -0.186. The van der Waals surface area contributed by atoms with Crippen LogP contribution < -0.4 is 16.0 Å². The summed E-state index contributed by atoms with van der Waals surface area (Å²) in [5, 5.41) is 11.5. The number of urea groups is 1. The molecule has 3 amide bonds. The van der Waals surface area contributed by atoms with E-state index in [-0.39, 0.29) is 18.0 Å². The van der Waals surface area contributed by atoms with Crippen molar-refractivity contribution in [1.29, 1.82) is 0 Å². The third-order valence-electron chi connectivity index (χ3n) is 4.12. The van der Waals surface area contributed by atoms with Crippen molar-refractivity contribution in [2.75, 3.05) is 5.32 Å². The fraction of sp³-hybridized carbons (Fsp3) is 0.227. The van der Waals surface area contributed by atoms with E-state index in [1.165, 1.54) is 0 Å². The summed E-state index contributed by atoms with van der Waals surface area (Å²) in [6.07, 6.45) is 0. The van der Waals surface area contributed by atoms with Crippen LogP contribution in [0.2, 0.25) is 0 Å². The van der Waals surface area contributed by atoms with Gasteiger partial charge in [0.25, 0.3) is 5.91 Å². The fourth-order valence-corrected chi connectivity index (χ4v) is 3.35. The largest absolute Gasteiger partial charge is 0.336 e. The Labute approximate surface area is 174 Å². The molecule has 1 aromatic heterocycles. The van der Waals surface area contributed by atoms with E-state index >= 15 is 0 Å². The van der Waals surface area contributed by atoms with Crippen LogP contribution in [0.3, 0.4) is 0 Å². The van der Waals surface area contributed by atoms with Gasteiger partial charge < -0.3 is 16.0 Å². The van der Waals surface area contributed by atoms with Crippen LogP contribution >= 0.6 is 11.3 Å². The minimum absolute atomic E-state index is 0.0825. The summed E-state index contributed by atoms with van der Waals surface area (Å²) in [4.78, 5) is 28.7. The van der Waals surface area contributed by atoms with Gasteiger partial charge in [-0.25, -0.2) is 9.78 Å².